The molecule has 0 radical (unpaired) electrons. The van der Waals surface area contributed by atoms with Gasteiger partial charge in [-0.15, -0.1) is 0 Å². The molecule has 0 amide bonds. The van der Waals surface area contributed by atoms with Gasteiger partial charge in [0.25, 0.3) is 0 Å². The van der Waals surface area contributed by atoms with Crippen LogP contribution in [0.3, 0.4) is 0 Å². The fourth-order valence-corrected chi connectivity index (χ4v) is 3.85. The third-order valence-corrected chi connectivity index (χ3v) is 5.47. The first-order valence-corrected chi connectivity index (χ1v) is 10.4. The lowest BCUT2D eigenvalue weighted by Crippen LogP contribution is -2.35. The maximum Gasteiger partial charge on any atom is 0.340 e. The summed E-state index contributed by atoms with van der Waals surface area (Å²) in [5.41, 5.74) is 2.87. The van der Waals surface area contributed by atoms with Gasteiger partial charge in [-0.05, 0) is 62.2 Å². The average molecular weight is 410 g/mol. The maximum atomic E-state index is 12.7. The van der Waals surface area contributed by atoms with Crippen molar-refractivity contribution in [2.24, 2.45) is 0 Å². The zero-order chi connectivity index (χ0) is 20.1. The summed E-state index contributed by atoms with van der Waals surface area (Å²) in [6, 6.07) is 15.3. The second-order valence-corrected chi connectivity index (χ2v) is 7.70. The Morgan fingerprint density at radius 2 is 2.07 bits per heavy atom. The van der Waals surface area contributed by atoms with Crippen molar-refractivity contribution in [3.8, 4) is 0 Å². The number of halogens is 1. The van der Waals surface area contributed by atoms with Crippen LogP contribution in [0.1, 0.15) is 36.0 Å². The quantitative estimate of drug-likeness (QED) is 0.539. The Labute approximate surface area is 175 Å². The molecule has 4 rings (SSSR count). The molecule has 0 aliphatic carbocycles. The molecular weight excluding hydrogens is 386 g/mol. The molecular formula is C23H24ClN3O2. The van der Waals surface area contributed by atoms with Gasteiger partial charge in [0.1, 0.15) is 0 Å². The number of benzene rings is 2. The number of nitrogens with zero attached hydrogens (tertiary/aromatic N) is 1. The molecule has 1 aliphatic heterocycles. The summed E-state index contributed by atoms with van der Waals surface area (Å²) < 4.78 is 5.56. The van der Waals surface area contributed by atoms with Crippen LogP contribution in [-0.4, -0.2) is 30.1 Å². The largest absolute Gasteiger partial charge is 0.462 e. The number of carbonyl (C=O) groups is 1. The lowest BCUT2D eigenvalue weighted by atomic mass is 10.0. The second kappa shape index (κ2) is 9.25. The number of piperidine rings is 1. The van der Waals surface area contributed by atoms with Crippen molar-refractivity contribution in [2.45, 2.75) is 31.7 Å². The number of anilines is 2. The van der Waals surface area contributed by atoms with Gasteiger partial charge < -0.3 is 15.4 Å². The first-order valence-electron chi connectivity index (χ1n) is 10.0. The van der Waals surface area contributed by atoms with Crippen molar-refractivity contribution in [3.63, 3.8) is 0 Å². The molecule has 0 spiro atoms. The van der Waals surface area contributed by atoms with Crippen LogP contribution in [0.2, 0.25) is 5.02 Å². The zero-order valence-corrected chi connectivity index (χ0v) is 16.9. The van der Waals surface area contributed by atoms with Crippen LogP contribution in [0.25, 0.3) is 10.9 Å². The number of rotatable bonds is 6. The minimum atomic E-state index is -0.315. The molecule has 0 bridgehead atoms. The highest BCUT2D eigenvalue weighted by Gasteiger charge is 2.16. The van der Waals surface area contributed by atoms with Crippen molar-refractivity contribution in [2.75, 3.05) is 18.5 Å². The summed E-state index contributed by atoms with van der Waals surface area (Å²) in [5.74, 6) is -0.315. The van der Waals surface area contributed by atoms with Gasteiger partial charge in [-0.2, -0.15) is 0 Å². The summed E-state index contributed by atoms with van der Waals surface area (Å²) in [4.78, 5) is 17.1. The summed E-state index contributed by atoms with van der Waals surface area (Å²) in [7, 11) is 0. The fourth-order valence-electron chi connectivity index (χ4n) is 3.69. The number of pyridine rings is 1. The van der Waals surface area contributed by atoms with Crippen molar-refractivity contribution in [3.05, 3.63) is 65.3 Å². The smallest absolute Gasteiger partial charge is 0.340 e. The summed E-state index contributed by atoms with van der Waals surface area (Å²) in [6.45, 7) is 1.47. The van der Waals surface area contributed by atoms with Gasteiger partial charge >= 0.3 is 5.97 Å². The van der Waals surface area contributed by atoms with Gasteiger partial charge in [-0.3, -0.25) is 4.98 Å². The number of aromatic nitrogens is 1. The number of para-hydroxylation sites is 1. The van der Waals surface area contributed by atoms with Gasteiger partial charge in [0.05, 0.1) is 23.4 Å². The SMILES string of the molecule is O=C(OCCC1CCCCN1)c1ccccc1Nc1ccnc2cc(Cl)ccc12. The highest BCUT2D eigenvalue weighted by molar-refractivity contribution is 6.31. The highest BCUT2D eigenvalue weighted by atomic mass is 35.5. The molecule has 1 fully saturated rings. The third kappa shape index (κ3) is 4.86. The molecule has 5 nitrogen and oxygen atoms in total. The van der Waals surface area contributed by atoms with E-state index < -0.39 is 0 Å². The standard InChI is InChI=1S/C23H24ClN3O2/c24-16-8-9-18-21(10-13-26-22(18)15-16)27-20-7-2-1-6-19(20)23(28)29-14-11-17-5-3-4-12-25-17/h1-2,6-10,13,15,17,25H,3-5,11-12,14H2,(H,26,27). The molecule has 2 N–H and O–H groups in total. The molecule has 0 saturated carbocycles. The molecule has 1 aliphatic rings. The zero-order valence-electron chi connectivity index (χ0n) is 16.2. The van der Waals surface area contributed by atoms with E-state index in [1.807, 2.05) is 42.5 Å². The van der Waals surface area contributed by atoms with Gasteiger partial charge in [0.15, 0.2) is 0 Å². The molecule has 29 heavy (non-hydrogen) atoms. The number of hydrogen-bond acceptors (Lipinski definition) is 5. The topological polar surface area (TPSA) is 63.2 Å². The van der Waals surface area contributed by atoms with Crippen LogP contribution >= 0.6 is 11.6 Å². The van der Waals surface area contributed by atoms with E-state index in [2.05, 4.69) is 15.6 Å². The van der Waals surface area contributed by atoms with Crippen LogP contribution in [0.4, 0.5) is 11.4 Å². The minimum absolute atomic E-state index is 0.315. The number of fused-ring (bicyclic) bond motifs is 1. The lowest BCUT2D eigenvalue weighted by Gasteiger charge is -2.23. The van der Waals surface area contributed by atoms with Crippen LogP contribution < -0.4 is 10.6 Å². The molecule has 1 aromatic heterocycles. The first-order chi connectivity index (χ1) is 14.2. The van der Waals surface area contributed by atoms with E-state index in [-0.39, 0.29) is 5.97 Å². The van der Waals surface area contributed by atoms with Crippen molar-refractivity contribution in [1.82, 2.24) is 10.3 Å². The van der Waals surface area contributed by atoms with E-state index in [1.165, 1.54) is 12.8 Å². The van der Waals surface area contributed by atoms with E-state index >= 15 is 0 Å². The van der Waals surface area contributed by atoms with Crippen molar-refractivity contribution < 1.29 is 9.53 Å². The summed E-state index contributed by atoms with van der Waals surface area (Å²) in [5, 5.41) is 8.41. The summed E-state index contributed by atoms with van der Waals surface area (Å²) in [6.07, 6.45) is 6.18. The Bertz CT molecular complexity index is 1000. The maximum absolute atomic E-state index is 12.7. The molecule has 2 aromatic carbocycles. The predicted molar refractivity (Wildman–Crippen MR) is 117 cm³/mol. The first kappa shape index (κ1) is 19.7. The van der Waals surface area contributed by atoms with E-state index in [0.29, 0.717) is 28.9 Å². The number of esters is 1. The van der Waals surface area contributed by atoms with Crippen LogP contribution in [0.5, 0.6) is 0 Å². The minimum Gasteiger partial charge on any atom is -0.462 e. The lowest BCUT2D eigenvalue weighted by molar-refractivity contribution is 0.0487. The van der Waals surface area contributed by atoms with Crippen LogP contribution in [0, 0.1) is 0 Å². The number of ether oxygens (including phenoxy) is 1. The molecule has 150 valence electrons. The average Bonchev–Trinajstić information content (AvgIpc) is 2.75. The molecule has 6 heteroatoms. The van der Waals surface area contributed by atoms with Gasteiger partial charge in [0, 0.05) is 28.3 Å². The molecule has 1 atom stereocenters. The Kier molecular flexibility index (Phi) is 6.27. The Morgan fingerprint density at radius 1 is 1.17 bits per heavy atom. The molecule has 3 aromatic rings. The number of carbonyl (C=O) groups excluding carboxylic acids is 1. The third-order valence-electron chi connectivity index (χ3n) is 5.23. The van der Waals surface area contributed by atoms with Gasteiger partial charge in [-0.25, -0.2) is 4.79 Å². The van der Waals surface area contributed by atoms with Gasteiger partial charge in [-0.1, -0.05) is 30.2 Å². The predicted octanol–water partition coefficient (Wildman–Crippen LogP) is 5.32. The Balaban J connectivity index is 1.47. The van der Waals surface area contributed by atoms with Crippen LogP contribution in [0.15, 0.2) is 54.7 Å². The van der Waals surface area contributed by atoms with E-state index in [4.69, 9.17) is 16.3 Å². The highest BCUT2D eigenvalue weighted by Crippen LogP contribution is 2.28. The fraction of sp³-hybridized carbons (Fsp3) is 0.304. The van der Waals surface area contributed by atoms with E-state index in [9.17, 15) is 4.79 Å². The van der Waals surface area contributed by atoms with E-state index in [1.54, 1.807) is 12.3 Å². The van der Waals surface area contributed by atoms with Crippen LogP contribution in [-0.2, 0) is 4.74 Å². The van der Waals surface area contributed by atoms with E-state index in [0.717, 1.165) is 36.0 Å². The second-order valence-electron chi connectivity index (χ2n) is 7.26. The molecule has 1 unspecified atom stereocenters. The van der Waals surface area contributed by atoms with Gasteiger partial charge in [0.2, 0.25) is 0 Å². The Morgan fingerprint density at radius 3 is 2.93 bits per heavy atom. The number of hydrogen-bond donors (Lipinski definition) is 2. The normalized spacial score (nSPS) is 16.5. The summed E-state index contributed by atoms with van der Waals surface area (Å²) >= 11 is 6.08. The van der Waals surface area contributed by atoms with Crippen molar-refractivity contribution in [1.29, 1.82) is 0 Å². The van der Waals surface area contributed by atoms with Crippen molar-refractivity contribution >= 4 is 39.8 Å². The molecule has 1 saturated heterocycles. The Hall–Kier alpha value is -2.63. The molecule has 2 heterocycles. The monoisotopic (exact) mass is 409 g/mol. The number of nitrogens with one attached hydrogen (secondary N) is 2.